The predicted octanol–water partition coefficient (Wildman–Crippen LogP) is 2.92. The van der Waals surface area contributed by atoms with Crippen LogP contribution in [-0.4, -0.2) is 24.5 Å². The molecule has 4 nitrogen and oxygen atoms in total. The van der Waals surface area contributed by atoms with Crippen molar-refractivity contribution < 1.29 is 0 Å². The molecule has 21 heavy (non-hydrogen) atoms. The van der Waals surface area contributed by atoms with E-state index in [0.717, 1.165) is 24.1 Å². The van der Waals surface area contributed by atoms with Gasteiger partial charge in [0, 0.05) is 24.7 Å². The highest BCUT2D eigenvalue weighted by molar-refractivity contribution is 7.11. The number of hydrogen-bond acceptors (Lipinski definition) is 3. The van der Waals surface area contributed by atoms with Gasteiger partial charge in [-0.25, -0.2) is 4.98 Å². The number of thiazole rings is 1. The monoisotopic (exact) mass is 302 g/mol. The molecule has 1 aromatic carbocycles. The lowest BCUT2D eigenvalue weighted by Gasteiger charge is -2.16. The lowest BCUT2D eigenvalue weighted by molar-refractivity contribution is 0.700. The second-order valence-corrected chi connectivity index (χ2v) is 6.28. The van der Waals surface area contributed by atoms with Crippen molar-refractivity contribution in [2.75, 3.05) is 13.6 Å². The van der Waals surface area contributed by atoms with Crippen LogP contribution in [0.25, 0.3) is 0 Å². The van der Waals surface area contributed by atoms with Crippen LogP contribution < -0.4 is 10.6 Å². The number of aromatic nitrogens is 1. The van der Waals surface area contributed by atoms with Crippen LogP contribution in [0, 0.1) is 6.92 Å². The van der Waals surface area contributed by atoms with Crippen LogP contribution in [-0.2, 0) is 6.54 Å². The molecular weight excluding hydrogens is 280 g/mol. The molecule has 0 amide bonds. The Bertz CT molecular complexity index is 577. The smallest absolute Gasteiger partial charge is 0.191 e. The highest BCUT2D eigenvalue weighted by Gasteiger charge is 2.06. The van der Waals surface area contributed by atoms with Crippen molar-refractivity contribution >= 4 is 17.3 Å². The first-order valence-electron chi connectivity index (χ1n) is 7.10. The van der Waals surface area contributed by atoms with Crippen LogP contribution in [0.15, 0.2) is 41.5 Å². The first kappa shape index (κ1) is 15.5. The Morgan fingerprint density at radius 3 is 2.67 bits per heavy atom. The summed E-state index contributed by atoms with van der Waals surface area (Å²) in [7, 11) is 1.79. The van der Waals surface area contributed by atoms with Gasteiger partial charge in [-0.15, -0.1) is 11.3 Å². The van der Waals surface area contributed by atoms with E-state index in [4.69, 9.17) is 0 Å². The Balaban J connectivity index is 1.80. The van der Waals surface area contributed by atoms with E-state index >= 15 is 0 Å². The molecule has 0 bridgehead atoms. The Morgan fingerprint density at radius 2 is 2.05 bits per heavy atom. The molecule has 1 unspecified atom stereocenters. The van der Waals surface area contributed by atoms with Crippen molar-refractivity contribution in [3.8, 4) is 0 Å². The zero-order valence-electron chi connectivity index (χ0n) is 12.8. The summed E-state index contributed by atoms with van der Waals surface area (Å²) in [5, 5.41) is 7.77. The number of aryl methyl sites for hydroxylation is 1. The Labute approximate surface area is 130 Å². The zero-order chi connectivity index (χ0) is 15.1. The third-order valence-corrected chi connectivity index (χ3v) is 4.18. The minimum absolute atomic E-state index is 0.440. The van der Waals surface area contributed by atoms with Crippen LogP contribution in [0.4, 0.5) is 0 Å². The van der Waals surface area contributed by atoms with Crippen molar-refractivity contribution in [3.05, 3.63) is 52.0 Å². The molecule has 2 aromatic rings. The van der Waals surface area contributed by atoms with Gasteiger partial charge in [0.25, 0.3) is 0 Å². The Morgan fingerprint density at radius 1 is 1.29 bits per heavy atom. The number of nitrogens with one attached hydrogen (secondary N) is 2. The van der Waals surface area contributed by atoms with Crippen molar-refractivity contribution in [2.24, 2.45) is 4.99 Å². The van der Waals surface area contributed by atoms with Gasteiger partial charge in [-0.1, -0.05) is 37.3 Å². The summed E-state index contributed by atoms with van der Waals surface area (Å²) >= 11 is 1.71. The fourth-order valence-corrected chi connectivity index (χ4v) is 2.76. The fourth-order valence-electron chi connectivity index (χ4n) is 2.03. The summed E-state index contributed by atoms with van der Waals surface area (Å²) in [5.74, 6) is 1.26. The first-order valence-corrected chi connectivity index (χ1v) is 7.91. The molecule has 0 spiro atoms. The van der Waals surface area contributed by atoms with Crippen LogP contribution in [0.5, 0.6) is 0 Å². The molecule has 5 heteroatoms. The number of guanidine groups is 1. The maximum absolute atomic E-state index is 4.25. The number of benzene rings is 1. The molecule has 0 aliphatic heterocycles. The molecule has 2 N–H and O–H groups in total. The molecule has 0 aliphatic rings. The second kappa shape index (κ2) is 7.78. The number of nitrogens with zero attached hydrogens (tertiary/aromatic N) is 2. The van der Waals surface area contributed by atoms with E-state index < -0.39 is 0 Å². The molecule has 112 valence electrons. The SMILES string of the molecule is CN=C(NCc1cnc(C)s1)NCC(C)c1ccccc1. The van der Waals surface area contributed by atoms with Crippen LogP contribution >= 0.6 is 11.3 Å². The summed E-state index contributed by atoms with van der Waals surface area (Å²) in [6.07, 6.45) is 1.91. The topological polar surface area (TPSA) is 49.3 Å². The zero-order valence-corrected chi connectivity index (χ0v) is 13.6. The summed E-state index contributed by atoms with van der Waals surface area (Å²) in [6, 6.07) is 10.5. The fraction of sp³-hybridized carbons (Fsp3) is 0.375. The highest BCUT2D eigenvalue weighted by atomic mass is 32.1. The third kappa shape index (κ3) is 4.86. The second-order valence-electron chi connectivity index (χ2n) is 4.96. The van der Waals surface area contributed by atoms with Crippen molar-refractivity contribution in [3.63, 3.8) is 0 Å². The van der Waals surface area contributed by atoms with Gasteiger partial charge in [0.05, 0.1) is 11.6 Å². The maximum Gasteiger partial charge on any atom is 0.191 e. The van der Waals surface area contributed by atoms with Gasteiger partial charge in [0.2, 0.25) is 0 Å². The van der Waals surface area contributed by atoms with Crippen LogP contribution in [0.2, 0.25) is 0 Å². The number of hydrogen-bond donors (Lipinski definition) is 2. The molecule has 2 rings (SSSR count). The third-order valence-electron chi connectivity index (χ3n) is 3.27. The van der Waals surface area contributed by atoms with Gasteiger partial charge in [-0.2, -0.15) is 0 Å². The highest BCUT2D eigenvalue weighted by Crippen LogP contribution is 2.13. The quantitative estimate of drug-likeness (QED) is 0.659. The summed E-state index contributed by atoms with van der Waals surface area (Å²) in [4.78, 5) is 9.72. The lowest BCUT2D eigenvalue weighted by atomic mass is 10.0. The molecular formula is C16H22N4S. The maximum atomic E-state index is 4.25. The molecule has 1 aromatic heterocycles. The number of rotatable bonds is 5. The largest absolute Gasteiger partial charge is 0.356 e. The van der Waals surface area contributed by atoms with Gasteiger partial charge >= 0.3 is 0 Å². The molecule has 0 aliphatic carbocycles. The summed E-state index contributed by atoms with van der Waals surface area (Å²) in [6.45, 7) is 5.83. The van der Waals surface area contributed by atoms with E-state index in [0.29, 0.717) is 5.92 Å². The van der Waals surface area contributed by atoms with Crippen molar-refractivity contribution in [2.45, 2.75) is 26.3 Å². The molecule has 0 saturated heterocycles. The normalized spacial score (nSPS) is 13.0. The molecule has 1 heterocycles. The number of aliphatic imine (C=N–C) groups is 1. The van der Waals surface area contributed by atoms with E-state index in [2.05, 4.69) is 51.8 Å². The molecule has 0 fully saturated rings. The minimum Gasteiger partial charge on any atom is -0.356 e. The van der Waals surface area contributed by atoms with E-state index in [9.17, 15) is 0 Å². The van der Waals surface area contributed by atoms with Crippen molar-refractivity contribution in [1.29, 1.82) is 0 Å². The van der Waals surface area contributed by atoms with E-state index in [1.54, 1.807) is 18.4 Å². The molecule has 0 saturated carbocycles. The van der Waals surface area contributed by atoms with E-state index in [1.807, 2.05) is 19.2 Å². The van der Waals surface area contributed by atoms with Gasteiger partial charge in [-0.3, -0.25) is 4.99 Å². The first-order chi connectivity index (χ1) is 10.2. The van der Waals surface area contributed by atoms with Gasteiger partial charge in [0.1, 0.15) is 0 Å². The van der Waals surface area contributed by atoms with E-state index in [1.165, 1.54) is 10.4 Å². The molecule has 0 radical (unpaired) electrons. The predicted molar refractivity (Wildman–Crippen MR) is 89.9 cm³/mol. The van der Waals surface area contributed by atoms with Crippen LogP contribution in [0.1, 0.15) is 28.3 Å². The average molecular weight is 302 g/mol. The minimum atomic E-state index is 0.440. The Kier molecular flexibility index (Phi) is 5.75. The standard InChI is InChI=1S/C16H22N4S/c1-12(14-7-5-4-6-8-14)9-19-16(17-3)20-11-15-10-18-13(2)21-15/h4-8,10,12H,9,11H2,1-3H3,(H2,17,19,20). The summed E-state index contributed by atoms with van der Waals surface area (Å²) in [5.41, 5.74) is 1.33. The average Bonchev–Trinajstić information content (AvgIpc) is 2.93. The van der Waals surface area contributed by atoms with Gasteiger partial charge in [-0.05, 0) is 18.4 Å². The molecule has 1 atom stereocenters. The van der Waals surface area contributed by atoms with Crippen molar-refractivity contribution in [1.82, 2.24) is 15.6 Å². The lowest BCUT2D eigenvalue weighted by Crippen LogP contribution is -2.38. The Hall–Kier alpha value is -1.88. The van der Waals surface area contributed by atoms with Gasteiger partial charge in [0.15, 0.2) is 5.96 Å². The summed E-state index contributed by atoms with van der Waals surface area (Å²) < 4.78 is 0. The van der Waals surface area contributed by atoms with E-state index in [-0.39, 0.29) is 0 Å². The van der Waals surface area contributed by atoms with Crippen LogP contribution in [0.3, 0.4) is 0 Å². The van der Waals surface area contributed by atoms with Gasteiger partial charge < -0.3 is 10.6 Å².